The van der Waals surface area contributed by atoms with E-state index in [1.807, 2.05) is 6.07 Å². The maximum absolute atomic E-state index is 13.5. The molecule has 7 nitrogen and oxygen atoms in total. The van der Waals surface area contributed by atoms with Gasteiger partial charge in [0, 0.05) is 41.3 Å². The van der Waals surface area contributed by atoms with Crippen molar-refractivity contribution >= 4 is 35.3 Å². The van der Waals surface area contributed by atoms with E-state index < -0.39 is 36.5 Å². The Morgan fingerprint density at radius 1 is 1.32 bits per heavy atom. The van der Waals surface area contributed by atoms with Crippen molar-refractivity contribution in [2.24, 2.45) is 10.7 Å². The van der Waals surface area contributed by atoms with Crippen molar-refractivity contribution < 1.29 is 22.8 Å². The minimum Gasteiger partial charge on any atom is -0.404 e. The van der Waals surface area contributed by atoms with E-state index in [1.165, 1.54) is 49.7 Å². The average molecular weight is 490 g/mol. The van der Waals surface area contributed by atoms with E-state index >= 15 is 0 Å². The molecule has 2 aromatic rings. The molecule has 0 spiro atoms. The van der Waals surface area contributed by atoms with E-state index in [1.54, 1.807) is 6.07 Å². The number of hydrogen-bond acceptors (Lipinski definition) is 5. The summed E-state index contributed by atoms with van der Waals surface area (Å²) in [5, 5.41) is 12.0. The first kappa shape index (κ1) is 24.8. The van der Waals surface area contributed by atoms with E-state index in [-0.39, 0.29) is 33.0 Å². The highest BCUT2D eigenvalue weighted by atomic mass is 35.5. The first-order valence-electron chi connectivity index (χ1n) is 9.91. The molecule has 2 atom stereocenters. The van der Waals surface area contributed by atoms with Gasteiger partial charge in [-0.1, -0.05) is 29.8 Å². The number of nitrogens with zero attached hydrogens (tertiary/aromatic N) is 3. The van der Waals surface area contributed by atoms with E-state index in [2.05, 4.69) is 10.3 Å². The number of anilines is 1. The third kappa shape index (κ3) is 5.21. The number of halogens is 4. The van der Waals surface area contributed by atoms with Crippen molar-refractivity contribution in [1.82, 2.24) is 4.90 Å². The smallest absolute Gasteiger partial charge is 0.404 e. The van der Waals surface area contributed by atoms with Crippen LogP contribution >= 0.6 is 11.6 Å². The van der Waals surface area contributed by atoms with Crippen molar-refractivity contribution in [3.05, 3.63) is 76.0 Å². The largest absolute Gasteiger partial charge is 0.406 e. The second-order valence-electron chi connectivity index (χ2n) is 7.44. The highest BCUT2D eigenvalue weighted by molar-refractivity contribution is 6.31. The van der Waals surface area contributed by atoms with E-state index in [9.17, 15) is 22.8 Å². The number of hydrogen-bond donors (Lipinski definition) is 2. The molecule has 0 bridgehead atoms. The zero-order chi connectivity index (χ0) is 25.0. The molecule has 0 saturated heterocycles. The Bertz CT molecular complexity index is 1220. The molecule has 0 radical (unpaired) electrons. The predicted octanol–water partition coefficient (Wildman–Crippen LogP) is 3.86. The number of aliphatic imine (C=N–C) groups is 1. The maximum Gasteiger partial charge on any atom is 0.406 e. The molecule has 0 saturated carbocycles. The van der Waals surface area contributed by atoms with Gasteiger partial charge in [0.25, 0.3) is 5.91 Å². The highest BCUT2D eigenvalue weighted by Gasteiger charge is 2.48. The monoisotopic (exact) mass is 489 g/mol. The van der Waals surface area contributed by atoms with Gasteiger partial charge < -0.3 is 16.0 Å². The Balaban J connectivity index is 2.18. The number of nitrogens with two attached hydrogens (primary N) is 1. The summed E-state index contributed by atoms with van der Waals surface area (Å²) < 4.78 is 40.5. The molecule has 2 amide bonds. The predicted molar refractivity (Wildman–Crippen MR) is 122 cm³/mol. The minimum absolute atomic E-state index is 0.0308. The number of rotatable bonds is 5. The molecule has 1 aliphatic heterocycles. The van der Waals surface area contributed by atoms with Crippen LogP contribution in [0.15, 0.2) is 59.2 Å². The number of fused-ring (bicyclic) bond motifs is 1. The van der Waals surface area contributed by atoms with Crippen molar-refractivity contribution in [2.75, 3.05) is 18.9 Å². The molecular weight excluding hydrogens is 471 g/mol. The lowest BCUT2D eigenvalue weighted by molar-refractivity contribution is -0.146. The van der Waals surface area contributed by atoms with Crippen molar-refractivity contribution in [3.8, 4) is 6.07 Å². The molecule has 0 unspecified atom stereocenters. The van der Waals surface area contributed by atoms with Crippen molar-refractivity contribution in [2.45, 2.75) is 18.1 Å². The molecule has 0 aliphatic carbocycles. The molecule has 11 heteroatoms. The lowest BCUT2D eigenvalue weighted by Crippen LogP contribution is -2.55. The first-order chi connectivity index (χ1) is 16.1. The quantitative estimate of drug-likeness (QED) is 0.621. The van der Waals surface area contributed by atoms with Crippen LogP contribution in [0.2, 0.25) is 5.02 Å². The Morgan fingerprint density at radius 2 is 2.03 bits per heavy atom. The van der Waals surface area contributed by atoms with Crippen LogP contribution < -0.4 is 11.1 Å². The zero-order valence-corrected chi connectivity index (χ0v) is 18.6. The summed E-state index contributed by atoms with van der Waals surface area (Å²) >= 11 is 6.01. The summed E-state index contributed by atoms with van der Waals surface area (Å²) in [6.45, 7) is -1.60. The second-order valence-corrected chi connectivity index (χ2v) is 7.88. The van der Waals surface area contributed by atoms with Crippen LogP contribution in [0.5, 0.6) is 0 Å². The molecule has 0 fully saturated rings. The molecule has 3 rings (SSSR count). The number of benzene rings is 2. The van der Waals surface area contributed by atoms with Crippen LogP contribution in [-0.2, 0) is 4.79 Å². The average Bonchev–Trinajstić information content (AvgIpc) is 2.78. The number of nitrogens with one attached hydrogen (secondary N) is 1. The van der Waals surface area contributed by atoms with E-state index in [0.717, 1.165) is 6.20 Å². The van der Waals surface area contributed by atoms with Gasteiger partial charge in [-0.2, -0.15) is 18.4 Å². The van der Waals surface area contributed by atoms with Crippen LogP contribution in [0, 0.1) is 11.3 Å². The van der Waals surface area contributed by atoms with Gasteiger partial charge in [-0.15, -0.1) is 0 Å². The lowest BCUT2D eigenvalue weighted by Gasteiger charge is -2.42. The third-order valence-electron chi connectivity index (χ3n) is 5.18. The number of carbonyl (C=O) groups excluding carboxylic acids is 2. The van der Waals surface area contributed by atoms with Gasteiger partial charge in [0.1, 0.15) is 6.54 Å². The number of carbonyl (C=O) groups is 2. The van der Waals surface area contributed by atoms with Gasteiger partial charge in [-0.3, -0.25) is 14.6 Å². The number of alkyl halides is 3. The van der Waals surface area contributed by atoms with E-state index in [4.69, 9.17) is 22.6 Å². The standard InChI is InChI=1S/C23H19ClF3N5O2/c1-30-11-14(10-29)20-19(21(33)31-16-7-13(9-28)6-15(24)8-16)17-4-2-3-5-18(17)22(34)32(20)12-23(25,26)27/h2-8,10-11,19-20H,12,29H2,1H3,(H,31,33)/t19-,20+/m0/s1. The fraction of sp³-hybridized carbons (Fsp3) is 0.217. The van der Waals surface area contributed by atoms with E-state index in [0.29, 0.717) is 4.90 Å². The molecule has 176 valence electrons. The second kappa shape index (κ2) is 9.97. The minimum atomic E-state index is -4.74. The van der Waals surface area contributed by atoms with Gasteiger partial charge in [0.15, 0.2) is 0 Å². The summed E-state index contributed by atoms with van der Waals surface area (Å²) in [7, 11) is 1.39. The molecular formula is C23H19ClF3N5O2. The number of amides is 2. The van der Waals surface area contributed by atoms with Gasteiger partial charge in [-0.25, -0.2) is 0 Å². The molecule has 34 heavy (non-hydrogen) atoms. The van der Waals surface area contributed by atoms with Crippen molar-refractivity contribution in [1.29, 1.82) is 5.26 Å². The van der Waals surface area contributed by atoms with Gasteiger partial charge in [0.05, 0.1) is 23.6 Å². The van der Waals surface area contributed by atoms with Crippen LogP contribution in [0.4, 0.5) is 18.9 Å². The van der Waals surface area contributed by atoms with Crippen LogP contribution in [0.3, 0.4) is 0 Å². The highest BCUT2D eigenvalue weighted by Crippen LogP contribution is 2.39. The fourth-order valence-corrected chi connectivity index (χ4v) is 4.16. The summed E-state index contributed by atoms with van der Waals surface area (Å²) in [6, 6.07) is 10.6. The van der Waals surface area contributed by atoms with Gasteiger partial charge >= 0.3 is 6.18 Å². The molecule has 1 heterocycles. The zero-order valence-electron chi connectivity index (χ0n) is 17.8. The Hall–Kier alpha value is -3.84. The Morgan fingerprint density at radius 3 is 2.65 bits per heavy atom. The molecule has 3 N–H and O–H groups in total. The summed E-state index contributed by atoms with van der Waals surface area (Å²) in [6.07, 6.45) is -2.50. The maximum atomic E-state index is 13.5. The Labute approximate surface area is 198 Å². The first-order valence-corrected chi connectivity index (χ1v) is 10.3. The van der Waals surface area contributed by atoms with Crippen molar-refractivity contribution in [3.63, 3.8) is 0 Å². The van der Waals surface area contributed by atoms with Gasteiger partial charge in [-0.05, 0) is 29.8 Å². The van der Waals surface area contributed by atoms with Gasteiger partial charge in [0.2, 0.25) is 5.91 Å². The lowest BCUT2D eigenvalue weighted by atomic mass is 9.79. The molecule has 2 aromatic carbocycles. The van der Waals surface area contributed by atoms with Crippen LogP contribution in [0.25, 0.3) is 0 Å². The van der Waals surface area contributed by atoms with Crippen LogP contribution in [-0.4, -0.2) is 48.7 Å². The Kier molecular flexibility index (Phi) is 7.27. The normalized spacial score (nSPS) is 18.5. The van der Waals surface area contributed by atoms with Crippen LogP contribution in [0.1, 0.15) is 27.4 Å². The summed E-state index contributed by atoms with van der Waals surface area (Å²) in [5.74, 6) is -2.87. The summed E-state index contributed by atoms with van der Waals surface area (Å²) in [5.41, 5.74) is 6.31. The molecule has 0 aromatic heterocycles. The number of nitriles is 1. The fourth-order valence-electron chi connectivity index (χ4n) is 3.93. The summed E-state index contributed by atoms with van der Waals surface area (Å²) in [4.78, 5) is 31.0. The topological polar surface area (TPSA) is 112 Å². The molecule has 1 aliphatic rings. The SMILES string of the molecule is CN=CC(=CN)[C@@H]1[C@@H](C(=O)Nc2cc(Cl)cc(C#N)c2)c2ccccc2C(=O)N1CC(F)(F)F. The third-order valence-corrected chi connectivity index (χ3v) is 5.40.